The molecule has 0 atom stereocenters. The standard InChI is InChI=1S/C9H14N6O2S/c1-4-7(10)9(14-11-4)15-18(16,17)8-5(2)12-13-6(8)3/h10H2,1-3H3,(H,12,13)(H2,11,14,15). The number of aromatic nitrogens is 4. The largest absolute Gasteiger partial charge is 0.394 e. The SMILES string of the molecule is Cc1n[nH]c(C)c1S(=O)(=O)Nc1n[nH]c(C)c1N. The molecule has 9 heteroatoms. The molecule has 0 aliphatic rings. The van der Waals surface area contributed by atoms with Gasteiger partial charge >= 0.3 is 0 Å². The second-order valence-corrected chi connectivity index (χ2v) is 5.60. The molecule has 5 N–H and O–H groups in total. The molecule has 0 aliphatic heterocycles. The van der Waals surface area contributed by atoms with Gasteiger partial charge in [-0.1, -0.05) is 0 Å². The number of sulfonamides is 1. The van der Waals surface area contributed by atoms with Crippen LogP contribution in [-0.4, -0.2) is 28.8 Å². The van der Waals surface area contributed by atoms with Crippen LogP contribution in [0.5, 0.6) is 0 Å². The molecule has 0 saturated heterocycles. The molecular formula is C9H14N6O2S. The molecule has 2 rings (SSSR count). The first kappa shape index (κ1) is 12.4. The van der Waals surface area contributed by atoms with Crippen molar-refractivity contribution >= 4 is 21.5 Å². The maximum absolute atomic E-state index is 12.2. The molecule has 0 saturated carbocycles. The van der Waals surface area contributed by atoms with Crippen LogP contribution >= 0.6 is 0 Å². The van der Waals surface area contributed by atoms with Crippen molar-refractivity contribution in [3.05, 3.63) is 17.1 Å². The topological polar surface area (TPSA) is 130 Å². The fourth-order valence-corrected chi connectivity index (χ4v) is 3.03. The van der Waals surface area contributed by atoms with Crippen molar-refractivity contribution < 1.29 is 8.42 Å². The van der Waals surface area contributed by atoms with Gasteiger partial charge in [-0.3, -0.25) is 14.9 Å². The molecule has 98 valence electrons. The number of hydrogen-bond acceptors (Lipinski definition) is 5. The monoisotopic (exact) mass is 270 g/mol. The molecule has 0 spiro atoms. The first-order valence-corrected chi connectivity index (χ1v) is 6.66. The van der Waals surface area contributed by atoms with Gasteiger partial charge in [-0.05, 0) is 20.8 Å². The minimum atomic E-state index is -3.75. The zero-order valence-corrected chi connectivity index (χ0v) is 11.0. The number of H-pyrrole nitrogens is 2. The molecule has 0 radical (unpaired) electrons. The normalized spacial score (nSPS) is 11.7. The summed E-state index contributed by atoms with van der Waals surface area (Å²) in [6, 6.07) is 0. The van der Waals surface area contributed by atoms with Crippen molar-refractivity contribution in [1.29, 1.82) is 0 Å². The average molecular weight is 270 g/mol. The van der Waals surface area contributed by atoms with Crippen LogP contribution < -0.4 is 10.5 Å². The first-order chi connectivity index (χ1) is 8.33. The van der Waals surface area contributed by atoms with E-state index in [-0.39, 0.29) is 16.4 Å². The van der Waals surface area contributed by atoms with Gasteiger partial charge in [0.15, 0.2) is 5.82 Å². The lowest BCUT2D eigenvalue weighted by atomic mass is 10.4. The van der Waals surface area contributed by atoms with Gasteiger partial charge in [-0.15, -0.1) is 0 Å². The highest BCUT2D eigenvalue weighted by atomic mass is 32.2. The van der Waals surface area contributed by atoms with Crippen molar-refractivity contribution in [1.82, 2.24) is 20.4 Å². The molecule has 0 aliphatic carbocycles. The van der Waals surface area contributed by atoms with Gasteiger partial charge in [0, 0.05) is 0 Å². The second-order valence-electron chi connectivity index (χ2n) is 3.98. The summed E-state index contributed by atoms with van der Waals surface area (Å²) in [6.07, 6.45) is 0. The molecular weight excluding hydrogens is 256 g/mol. The van der Waals surface area contributed by atoms with E-state index in [0.717, 1.165) is 0 Å². The fourth-order valence-electron chi connectivity index (χ4n) is 1.63. The molecule has 8 nitrogen and oxygen atoms in total. The Morgan fingerprint density at radius 3 is 2.17 bits per heavy atom. The Labute approximate surface area is 104 Å². The number of nitrogen functional groups attached to an aromatic ring is 1. The van der Waals surface area contributed by atoms with Crippen LogP contribution in [0.3, 0.4) is 0 Å². The molecule has 18 heavy (non-hydrogen) atoms. The first-order valence-electron chi connectivity index (χ1n) is 5.17. The van der Waals surface area contributed by atoms with Crippen LogP contribution in [-0.2, 0) is 10.0 Å². The van der Waals surface area contributed by atoms with Crippen LogP contribution in [0, 0.1) is 20.8 Å². The maximum Gasteiger partial charge on any atom is 0.266 e. The van der Waals surface area contributed by atoms with E-state index in [1.807, 2.05) is 0 Å². The quantitative estimate of drug-likeness (QED) is 0.643. The number of nitrogens with two attached hydrogens (primary N) is 1. The zero-order chi connectivity index (χ0) is 13.5. The predicted molar refractivity (Wildman–Crippen MR) is 66.6 cm³/mol. The number of hydrogen-bond donors (Lipinski definition) is 4. The highest BCUT2D eigenvalue weighted by molar-refractivity contribution is 7.92. The summed E-state index contributed by atoms with van der Waals surface area (Å²) in [5, 5.41) is 12.9. The molecule has 0 aromatic carbocycles. The number of aryl methyl sites for hydroxylation is 3. The molecule has 0 fully saturated rings. The smallest absolute Gasteiger partial charge is 0.266 e. The molecule has 0 amide bonds. The van der Waals surface area contributed by atoms with Gasteiger partial charge in [-0.2, -0.15) is 10.2 Å². The van der Waals surface area contributed by atoms with Gasteiger partial charge in [-0.25, -0.2) is 8.42 Å². The molecule has 0 unspecified atom stereocenters. The Morgan fingerprint density at radius 2 is 1.72 bits per heavy atom. The predicted octanol–water partition coefficient (Wildman–Crippen LogP) is 0.441. The summed E-state index contributed by atoms with van der Waals surface area (Å²) >= 11 is 0. The Balaban J connectivity index is 2.43. The van der Waals surface area contributed by atoms with E-state index >= 15 is 0 Å². The highest BCUT2D eigenvalue weighted by Crippen LogP contribution is 2.24. The highest BCUT2D eigenvalue weighted by Gasteiger charge is 2.24. The lowest BCUT2D eigenvalue weighted by Gasteiger charge is -2.06. The van der Waals surface area contributed by atoms with E-state index in [1.54, 1.807) is 20.8 Å². The Kier molecular flexibility index (Phi) is 2.77. The maximum atomic E-state index is 12.2. The van der Waals surface area contributed by atoms with Crippen molar-refractivity contribution in [3.63, 3.8) is 0 Å². The van der Waals surface area contributed by atoms with Crippen molar-refractivity contribution in [2.45, 2.75) is 25.7 Å². The number of aromatic amines is 2. The van der Waals surface area contributed by atoms with Gasteiger partial charge in [0.2, 0.25) is 0 Å². The Bertz CT molecular complexity index is 664. The Hall–Kier alpha value is -2.03. The molecule has 2 aromatic heterocycles. The van der Waals surface area contributed by atoms with E-state index < -0.39 is 10.0 Å². The second kappa shape index (κ2) is 4.02. The van der Waals surface area contributed by atoms with Crippen molar-refractivity contribution in [3.8, 4) is 0 Å². The molecule has 2 heterocycles. The summed E-state index contributed by atoms with van der Waals surface area (Å²) in [5.41, 5.74) is 7.43. The summed E-state index contributed by atoms with van der Waals surface area (Å²) in [7, 11) is -3.75. The summed E-state index contributed by atoms with van der Waals surface area (Å²) in [4.78, 5) is 0.113. The van der Waals surface area contributed by atoms with Crippen LogP contribution in [0.2, 0.25) is 0 Å². The lowest BCUT2D eigenvalue weighted by Crippen LogP contribution is -2.15. The summed E-state index contributed by atoms with van der Waals surface area (Å²) in [5.74, 6) is 0.0903. The fraction of sp³-hybridized carbons (Fsp3) is 0.333. The third-order valence-corrected chi connectivity index (χ3v) is 4.16. The minimum Gasteiger partial charge on any atom is -0.394 e. The van der Waals surface area contributed by atoms with Crippen molar-refractivity contribution in [2.75, 3.05) is 10.5 Å². The van der Waals surface area contributed by atoms with E-state index in [2.05, 4.69) is 25.1 Å². The average Bonchev–Trinajstić information content (AvgIpc) is 2.76. The molecule has 2 aromatic rings. The van der Waals surface area contributed by atoms with E-state index in [4.69, 9.17) is 5.73 Å². The minimum absolute atomic E-state index is 0.0903. The molecule has 0 bridgehead atoms. The van der Waals surface area contributed by atoms with Crippen LogP contribution in [0.25, 0.3) is 0 Å². The van der Waals surface area contributed by atoms with E-state index in [0.29, 0.717) is 17.1 Å². The van der Waals surface area contributed by atoms with Gasteiger partial charge in [0.1, 0.15) is 4.90 Å². The van der Waals surface area contributed by atoms with E-state index in [1.165, 1.54) is 0 Å². The third-order valence-electron chi connectivity index (χ3n) is 2.55. The van der Waals surface area contributed by atoms with Gasteiger partial charge in [0.25, 0.3) is 10.0 Å². The van der Waals surface area contributed by atoms with Crippen molar-refractivity contribution in [2.24, 2.45) is 0 Å². The van der Waals surface area contributed by atoms with Crippen LogP contribution in [0.4, 0.5) is 11.5 Å². The number of nitrogens with zero attached hydrogens (tertiary/aromatic N) is 2. The number of nitrogens with one attached hydrogen (secondary N) is 3. The van der Waals surface area contributed by atoms with Crippen LogP contribution in [0.15, 0.2) is 4.90 Å². The Morgan fingerprint density at radius 1 is 1.11 bits per heavy atom. The summed E-state index contributed by atoms with van der Waals surface area (Å²) in [6.45, 7) is 4.94. The zero-order valence-electron chi connectivity index (χ0n) is 10.2. The lowest BCUT2D eigenvalue weighted by molar-refractivity contribution is 0.600. The number of rotatable bonds is 3. The van der Waals surface area contributed by atoms with Crippen LogP contribution in [0.1, 0.15) is 17.1 Å². The third kappa shape index (κ3) is 1.92. The van der Waals surface area contributed by atoms with E-state index in [9.17, 15) is 8.42 Å². The number of anilines is 2. The van der Waals surface area contributed by atoms with Gasteiger partial charge < -0.3 is 5.73 Å². The van der Waals surface area contributed by atoms with Gasteiger partial charge in [0.05, 0.1) is 22.8 Å². The summed E-state index contributed by atoms with van der Waals surface area (Å²) < 4.78 is 26.7.